The molecule has 0 atom stereocenters. The highest BCUT2D eigenvalue weighted by atomic mass is 16.5. The highest BCUT2D eigenvalue weighted by Gasteiger charge is 2.11. The van der Waals surface area contributed by atoms with Crippen molar-refractivity contribution in [3.8, 4) is 11.5 Å². The summed E-state index contributed by atoms with van der Waals surface area (Å²) >= 11 is 0. The topological polar surface area (TPSA) is 50.7 Å². The summed E-state index contributed by atoms with van der Waals surface area (Å²) in [7, 11) is 1.65. The van der Waals surface area contributed by atoms with Crippen LogP contribution < -0.4 is 14.8 Å². The lowest BCUT2D eigenvalue weighted by molar-refractivity contribution is 0.0795. The van der Waals surface area contributed by atoms with Gasteiger partial charge in [-0.1, -0.05) is 25.8 Å². The number of unbranched alkanes of at least 4 members (excludes halogenated alkanes) is 2. The van der Waals surface area contributed by atoms with Crippen molar-refractivity contribution < 1.29 is 14.6 Å². The van der Waals surface area contributed by atoms with E-state index in [1.807, 2.05) is 18.2 Å². The van der Waals surface area contributed by atoms with Gasteiger partial charge in [0.15, 0.2) is 11.5 Å². The third-order valence-corrected chi connectivity index (χ3v) is 3.12. The summed E-state index contributed by atoms with van der Waals surface area (Å²) in [5.74, 6) is 1.55. The van der Waals surface area contributed by atoms with Crippen LogP contribution in [0.2, 0.25) is 0 Å². The van der Waals surface area contributed by atoms with Gasteiger partial charge >= 0.3 is 0 Å². The van der Waals surface area contributed by atoms with E-state index in [4.69, 9.17) is 9.47 Å². The average Bonchev–Trinajstić information content (AvgIpc) is 2.42. The summed E-state index contributed by atoms with van der Waals surface area (Å²) in [6, 6.07) is 5.94. The van der Waals surface area contributed by atoms with Crippen molar-refractivity contribution in [3.63, 3.8) is 0 Å². The Balaban J connectivity index is 2.57. The summed E-state index contributed by atoms with van der Waals surface area (Å²) < 4.78 is 11.1. The second-order valence-electron chi connectivity index (χ2n) is 5.96. The number of hydrogen-bond acceptors (Lipinski definition) is 4. The quantitative estimate of drug-likeness (QED) is 0.651. The molecule has 4 heteroatoms. The lowest BCUT2D eigenvalue weighted by atomic mass is 10.1. The molecule has 1 rings (SSSR count). The van der Waals surface area contributed by atoms with E-state index in [1.165, 1.54) is 12.8 Å². The molecule has 21 heavy (non-hydrogen) atoms. The van der Waals surface area contributed by atoms with Crippen LogP contribution in [0.4, 0.5) is 0 Å². The summed E-state index contributed by atoms with van der Waals surface area (Å²) in [6.07, 6.45) is 3.41. The predicted octanol–water partition coefficient (Wildman–Crippen LogP) is 3.12. The van der Waals surface area contributed by atoms with E-state index in [0.29, 0.717) is 19.7 Å². The van der Waals surface area contributed by atoms with Gasteiger partial charge in [-0.15, -0.1) is 0 Å². The Hall–Kier alpha value is -1.26. The molecule has 0 fully saturated rings. The lowest BCUT2D eigenvalue weighted by Gasteiger charge is -2.18. The van der Waals surface area contributed by atoms with E-state index in [0.717, 1.165) is 23.5 Å². The zero-order valence-corrected chi connectivity index (χ0v) is 13.7. The molecule has 0 heterocycles. The molecule has 0 saturated carbocycles. The molecule has 4 nitrogen and oxygen atoms in total. The molecule has 120 valence electrons. The first-order valence-electron chi connectivity index (χ1n) is 7.69. The normalized spacial score (nSPS) is 11.5. The van der Waals surface area contributed by atoms with Crippen molar-refractivity contribution in [2.75, 3.05) is 20.3 Å². The third-order valence-electron chi connectivity index (χ3n) is 3.12. The first kappa shape index (κ1) is 17.8. The third kappa shape index (κ3) is 7.34. The minimum atomic E-state index is -0.702. The fourth-order valence-corrected chi connectivity index (χ4v) is 1.99. The van der Waals surface area contributed by atoms with Crippen molar-refractivity contribution in [2.45, 2.75) is 52.2 Å². The van der Waals surface area contributed by atoms with Gasteiger partial charge in [-0.05, 0) is 38.0 Å². The van der Waals surface area contributed by atoms with Crippen molar-refractivity contribution in [3.05, 3.63) is 23.8 Å². The number of aliphatic hydroxyl groups is 1. The lowest BCUT2D eigenvalue weighted by Crippen LogP contribution is -2.34. The van der Waals surface area contributed by atoms with Gasteiger partial charge in [-0.25, -0.2) is 0 Å². The number of rotatable bonds is 10. The van der Waals surface area contributed by atoms with Gasteiger partial charge in [0.25, 0.3) is 0 Å². The first-order chi connectivity index (χ1) is 9.96. The molecule has 0 spiro atoms. The number of benzene rings is 1. The highest BCUT2D eigenvalue weighted by Crippen LogP contribution is 2.28. The van der Waals surface area contributed by atoms with E-state index in [9.17, 15) is 5.11 Å². The van der Waals surface area contributed by atoms with Gasteiger partial charge in [-0.2, -0.15) is 0 Å². The molecule has 0 bridgehead atoms. The minimum absolute atomic E-state index is 0.547. The minimum Gasteiger partial charge on any atom is -0.493 e. The Bertz CT molecular complexity index is 413. The number of nitrogens with one attached hydrogen (secondary N) is 1. The van der Waals surface area contributed by atoms with Crippen LogP contribution in [0.15, 0.2) is 18.2 Å². The summed E-state index contributed by atoms with van der Waals surface area (Å²) in [5.41, 5.74) is 0.414. The molecule has 2 N–H and O–H groups in total. The van der Waals surface area contributed by atoms with Gasteiger partial charge in [0.05, 0.1) is 19.3 Å². The van der Waals surface area contributed by atoms with Gasteiger partial charge in [0.2, 0.25) is 0 Å². The Morgan fingerprint density at radius 3 is 2.57 bits per heavy atom. The SMILES string of the molecule is CCCCCOc1cc(CNCC(C)(C)O)ccc1OC. The number of methoxy groups -OCH3 is 1. The van der Waals surface area contributed by atoms with Gasteiger partial charge < -0.3 is 19.9 Å². The molecule has 1 aromatic carbocycles. The van der Waals surface area contributed by atoms with Gasteiger partial charge in [0, 0.05) is 13.1 Å². The standard InChI is InChI=1S/C17H29NO3/c1-5-6-7-10-21-16-11-14(8-9-15(16)20-4)12-18-13-17(2,3)19/h8-9,11,18-19H,5-7,10,12-13H2,1-4H3. The van der Waals surface area contributed by atoms with Crippen LogP contribution in [-0.4, -0.2) is 31.0 Å². The Kier molecular flexibility index (Phi) is 7.54. The molecule has 0 aliphatic heterocycles. The van der Waals surface area contributed by atoms with Crippen molar-refractivity contribution in [1.29, 1.82) is 0 Å². The van der Waals surface area contributed by atoms with E-state index in [2.05, 4.69) is 12.2 Å². The van der Waals surface area contributed by atoms with Crippen LogP contribution in [0.5, 0.6) is 11.5 Å². The Labute approximate surface area is 128 Å². The molecule has 0 aromatic heterocycles. The fourth-order valence-electron chi connectivity index (χ4n) is 1.99. The zero-order valence-electron chi connectivity index (χ0n) is 13.7. The maximum absolute atomic E-state index is 9.69. The second kappa shape index (κ2) is 8.90. The first-order valence-corrected chi connectivity index (χ1v) is 7.69. The van der Waals surface area contributed by atoms with Gasteiger partial charge in [-0.3, -0.25) is 0 Å². The monoisotopic (exact) mass is 295 g/mol. The van der Waals surface area contributed by atoms with E-state index >= 15 is 0 Å². The van der Waals surface area contributed by atoms with Gasteiger partial charge in [0.1, 0.15) is 0 Å². The van der Waals surface area contributed by atoms with E-state index in [-0.39, 0.29) is 0 Å². The maximum atomic E-state index is 9.69. The second-order valence-corrected chi connectivity index (χ2v) is 5.96. The molecule has 1 aromatic rings. The fraction of sp³-hybridized carbons (Fsp3) is 0.647. The van der Waals surface area contributed by atoms with Crippen molar-refractivity contribution >= 4 is 0 Å². The van der Waals surface area contributed by atoms with Crippen LogP contribution in [-0.2, 0) is 6.54 Å². The van der Waals surface area contributed by atoms with Crippen LogP contribution in [0.3, 0.4) is 0 Å². The highest BCUT2D eigenvalue weighted by molar-refractivity contribution is 5.42. The molecule has 0 radical (unpaired) electrons. The zero-order chi connectivity index (χ0) is 15.7. The molecule has 0 saturated heterocycles. The molecule has 0 aliphatic carbocycles. The largest absolute Gasteiger partial charge is 0.493 e. The molecule has 0 amide bonds. The average molecular weight is 295 g/mol. The number of ether oxygens (including phenoxy) is 2. The van der Waals surface area contributed by atoms with Crippen LogP contribution in [0, 0.1) is 0 Å². The van der Waals surface area contributed by atoms with Crippen molar-refractivity contribution in [2.24, 2.45) is 0 Å². The van der Waals surface area contributed by atoms with E-state index < -0.39 is 5.60 Å². The maximum Gasteiger partial charge on any atom is 0.161 e. The van der Waals surface area contributed by atoms with E-state index in [1.54, 1.807) is 21.0 Å². The predicted molar refractivity (Wildman–Crippen MR) is 86.0 cm³/mol. The van der Waals surface area contributed by atoms with Crippen LogP contribution in [0.1, 0.15) is 45.6 Å². The summed E-state index contributed by atoms with van der Waals surface area (Å²) in [5, 5.41) is 12.9. The summed E-state index contributed by atoms with van der Waals surface area (Å²) in [4.78, 5) is 0. The van der Waals surface area contributed by atoms with Crippen LogP contribution >= 0.6 is 0 Å². The van der Waals surface area contributed by atoms with Crippen LogP contribution in [0.25, 0.3) is 0 Å². The molecule has 0 unspecified atom stereocenters. The summed E-state index contributed by atoms with van der Waals surface area (Å²) in [6.45, 7) is 7.71. The number of hydrogen-bond donors (Lipinski definition) is 2. The Morgan fingerprint density at radius 2 is 1.95 bits per heavy atom. The smallest absolute Gasteiger partial charge is 0.161 e. The molecular weight excluding hydrogens is 266 g/mol. The Morgan fingerprint density at radius 1 is 1.19 bits per heavy atom. The van der Waals surface area contributed by atoms with Crippen molar-refractivity contribution in [1.82, 2.24) is 5.32 Å². The molecular formula is C17H29NO3. The molecule has 0 aliphatic rings.